The Labute approximate surface area is 183 Å². The van der Waals surface area contributed by atoms with Gasteiger partial charge in [0.15, 0.2) is 11.6 Å². The molecule has 0 saturated carbocycles. The molecule has 0 radical (unpaired) electrons. The van der Waals surface area contributed by atoms with Crippen molar-refractivity contribution in [3.63, 3.8) is 0 Å². The highest BCUT2D eigenvalue weighted by Gasteiger charge is 2.21. The maximum absolute atomic E-state index is 14.7. The zero-order valence-corrected chi connectivity index (χ0v) is 17.4. The molecule has 0 heterocycles. The summed E-state index contributed by atoms with van der Waals surface area (Å²) in [4.78, 5) is 23.6. The van der Waals surface area contributed by atoms with Crippen LogP contribution in [-0.4, -0.2) is 19.0 Å². The molecule has 0 aliphatic carbocycles. The summed E-state index contributed by atoms with van der Waals surface area (Å²) in [5.41, 5.74) is 0.515. The van der Waals surface area contributed by atoms with E-state index in [2.05, 4.69) is 6.58 Å². The van der Waals surface area contributed by atoms with Gasteiger partial charge in [0.25, 0.3) is 0 Å². The van der Waals surface area contributed by atoms with Gasteiger partial charge in [-0.3, -0.25) is 0 Å². The van der Waals surface area contributed by atoms with E-state index in [0.29, 0.717) is 16.9 Å². The van der Waals surface area contributed by atoms with Crippen LogP contribution in [0.25, 0.3) is 11.1 Å². The number of esters is 2. The molecule has 164 valence electrons. The first kappa shape index (κ1) is 22.7. The lowest BCUT2D eigenvalue weighted by Gasteiger charge is -2.13. The van der Waals surface area contributed by atoms with Gasteiger partial charge in [-0.25, -0.2) is 18.4 Å². The predicted molar refractivity (Wildman–Crippen MR) is 114 cm³/mol. The molecule has 0 fully saturated rings. The number of halogens is 2. The molecule has 0 saturated heterocycles. The molecular formula is C25H20F2O5. The van der Waals surface area contributed by atoms with Crippen molar-refractivity contribution in [1.82, 2.24) is 0 Å². The number of carbonyl (C=O) groups is 2. The van der Waals surface area contributed by atoms with Crippen molar-refractivity contribution in [2.75, 3.05) is 7.11 Å². The van der Waals surface area contributed by atoms with Gasteiger partial charge < -0.3 is 14.2 Å². The smallest absolute Gasteiger partial charge is 0.346 e. The van der Waals surface area contributed by atoms with Gasteiger partial charge in [-0.05, 0) is 48.4 Å². The molecule has 3 rings (SSSR count). The van der Waals surface area contributed by atoms with Crippen LogP contribution in [0, 0.1) is 11.6 Å². The third kappa shape index (κ3) is 5.00. The Morgan fingerprint density at radius 1 is 0.906 bits per heavy atom. The van der Waals surface area contributed by atoms with Gasteiger partial charge in [0.2, 0.25) is 0 Å². The molecule has 0 aliphatic heterocycles. The average Bonchev–Trinajstić information content (AvgIpc) is 2.81. The fourth-order valence-corrected chi connectivity index (χ4v) is 2.96. The van der Waals surface area contributed by atoms with E-state index in [-0.39, 0.29) is 11.3 Å². The van der Waals surface area contributed by atoms with Crippen molar-refractivity contribution < 1.29 is 32.6 Å². The normalized spacial score (nSPS) is 11.4. The van der Waals surface area contributed by atoms with Crippen molar-refractivity contribution in [2.45, 2.75) is 13.0 Å². The van der Waals surface area contributed by atoms with Crippen LogP contribution in [0.4, 0.5) is 8.78 Å². The first-order valence-electron chi connectivity index (χ1n) is 9.61. The molecule has 0 bridgehead atoms. The summed E-state index contributed by atoms with van der Waals surface area (Å²) < 4.78 is 44.6. The van der Waals surface area contributed by atoms with Crippen LogP contribution >= 0.6 is 0 Å². The van der Waals surface area contributed by atoms with Crippen molar-refractivity contribution in [3.8, 4) is 22.6 Å². The Morgan fingerprint density at radius 2 is 1.53 bits per heavy atom. The van der Waals surface area contributed by atoms with E-state index in [4.69, 9.17) is 14.2 Å². The fraction of sp³-hybridized carbons (Fsp3) is 0.120. The summed E-state index contributed by atoms with van der Waals surface area (Å²) in [5, 5.41) is 0. The van der Waals surface area contributed by atoms with Crippen LogP contribution in [0.5, 0.6) is 11.5 Å². The number of hydrogen-bond acceptors (Lipinski definition) is 5. The number of ether oxygens (including phenoxy) is 3. The van der Waals surface area contributed by atoms with Gasteiger partial charge in [0, 0.05) is 11.6 Å². The molecule has 0 aliphatic rings. The standard InChI is InChI=1S/C25H20F2O5/c1-4-22(28)31-15(2)16-5-7-17(8-6-16)20-13-14-21(24(27)23(20)26)25(29)32-19-11-9-18(30-3)10-12-19/h4-15H,1H2,2-3H3. The number of benzene rings is 3. The Balaban J connectivity index is 1.79. The monoisotopic (exact) mass is 438 g/mol. The van der Waals surface area contributed by atoms with E-state index in [1.165, 1.54) is 31.4 Å². The minimum Gasteiger partial charge on any atom is -0.497 e. The second-order valence-electron chi connectivity index (χ2n) is 6.76. The van der Waals surface area contributed by atoms with Crippen LogP contribution in [0.1, 0.15) is 28.9 Å². The minimum absolute atomic E-state index is 0.0224. The highest BCUT2D eigenvalue weighted by molar-refractivity contribution is 5.92. The van der Waals surface area contributed by atoms with Crippen molar-refractivity contribution >= 4 is 11.9 Å². The van der Waals surface area contributed by atoms with Crippen molar-refractivity contribution in [3.05, 3.63) is 96.1 Å². The maximum Gasteiger partial charge on any atom is 0.346 e. The minimum atomic E-state index is -1.31. The number of methoxy groups -OCH3 is 1. The molecule has 7 heteroatoms. The highest BCUT2D eigenvalue weighted by Crippen LogP contribution is 2.29. The van der Waals surface area contributed by atoms with Gasteiger partial charge in [0.05, 0.1) is 12.7 Å². The molecule has 1 atom stereocenters. The second kappa shape index (κ2) is 9.87. The van der Waals surface area contributed by atoms with Crippen molar-refractivity contribution in [2.24, 2.45) is 0 Å². The maximum atomic E-state index is 14.7. The third-order valence-corrected chi connectivity index (χ3v) is 4.72. The zero-order chi connectivity index (χ0) is 23.3. The van der Waals surface area contributed by atoms with E-state index >= 15 is 0 Å². The molecule has 0 amide bonds. The second-order valence-corrected chi connectivity index (χ2v) is 6.76. The van der Waals surface area contributed by atoms with Crippen LogP contribution < -0.4 is 9.47 Å². The topological polar surface area (TPSA) is 61.8 Å². The van der Waals surface area contributed by atoms with Gasteiger partial charge in [0.1, 0.15) is 17.6 Å². The fourth-order valence-electron chi connectivity index (χ4n) is 2.96. The quantitative estimate of drug-likeness (QED) is 0.271. The summed E-state index contributed by atoms with van der Waals surface area (Å²) in [6.45, 7) is 5.02. The summed E-state index contributed by atoms with van der Waals surface area (Å²) in [6, 6.07) is 15.0. The lowest BCUT2D eigenvalue weighted by atomic mass is 10.00. The lowest BCUT2D eigenvalue weighted by molar-refractivity contribution is -0.142. The van der Waals surface area contributed by atoms with Crippen LogP contribution in [0.3, 0.4) is 0 Å². The molecule has 3 aromatic carbocycles. The van der Waals surface area contributed by atoms with E-state index in [0.717, 1.165) is 6.08 Å². The Bertz CT molecular complexity index is 1140. The highest BCUT2D eigenvalue weighted by atomic mass is 19.2. The number of carbonyl (C=O) groups excluding carboxylic acids is 2. The summed E-state index contributed by atoms with van der Waals surface area (Å²) in [7, 11) is 1.49. The van der Waals surface area contributed by atoms with E-state index < -0.39 is 35.2 Å². The van der Waals surface area contributed by atoms with Crippen molar-refractivity contribution in [1.29, 1.82) is 0 Å². The van der Waals surface area contributed by atoms with Gasteiger partial charge in [-0.2, -0.15) is 0 Å². The van der Waals surface area contributed by atoms with Crippen LogP contribution in [-0.2, 0) is 9.53 Å². The van der Waals surface area contributed by atoms with Crippen LogP contribution in [0.2, 0.25) is 0 Å². The molecule has 0 N–H and O–H groups in total. The molecule has 32 heavy (non-hydrogen) atoms. The van der Waals surface area contributed by atoms with E-state index in [9.17, 15) is 18.4 Å². The Kier molecular flexibility index (Phi) is 7.00. The predicted octanol–water partition coefficient (Wildman–Crippen LogP) is 5.65. The van der Waals surface area contributed by atoms with E-state index in [1.807, 2.05) is 0 Å². The summed E-state index contributed by atoms with van der Waals surface area (Å²) in [5.74, 6) is -3.34. The zero-order valence-electron chi connectivity index (χ0n) is 17.4. The van der Waals surface area contributed by atoms with Gasteiger partial charge >= 0.3 is 11.9 Å². The molecular weight excluding hydrogens is 418 g/mol. The largest absolute Gasteiger partial charge is 0.497 e. The lowest BCUT2D eigenvalue weighted by Crippen LogP contribution is -2.12. The molecule has 0 aromatic heterocycles. The molecule has 1 unspecified atom stereocenters. The van der Waals surface area contributed by atoms with Gasteiger partial charge in [-0.1, -0.05) is 36.9 Å². The first-order valence-corrected chi connectivity index (χ1v) is 9.61. The average molecular weight is 438 g/mol. The number of rotatable bonds is 7. The molecule has 3 aromatic rings. The number of hydrogen-bond donors (Lipinski definition) is 0. The molecule has 0 spiro atoms. The summed E-state index contributed by atoms with van der Waals surface area (Å²) >= 11 is 0. The third-order valence-electron chi connectivity index (χ3n) is 4.72. The Hall–Kier alpha value is -4.00. The SMILES string of the molecule is C=CC(=O)OC(C)c1ccc(-c2ccc(C(=O)Oc3ccc(OC)cc3)c(F)c2F)cc1. The molecule has 5 nitrogen and oxygen atoms in total. The summed E-state index contributed by atoms with van der Waals surface area (Å²) in [6.07, 6.45) is 0.524. The Morgan fingerprint density at radius 3 is 2.12 bits per heavy atom. The van der Waals surface area contributed by atoms with Gasteiger partial charge in [-0.15, -0.1) is 0 Å². The first-order chi connectivity index (χ1) is 15.3. The van der Waals surface area contributed by atoms with Crippen LogP contribution in [0.15, 0.2) is 73.3 Å². The van der Waals surface area contributed by atoms with E-state index in [1.54, 1.807) is 43.3 Å².